The van der Waals surface area contributed by atoms with Crippen LogP contribution >= 0.6 is 0 Å². The summed E-state index contributed by atoms with van der Waals surface area (Å²) < 4.78 is 34.0. The Morgan fingerprint density at radius 3 is 2.39 bits per heavy atom. The minimum atomic E-state index is -2.45. The zero-order chi connectivity index (χ0) is 41.6. The van der Waals surface area contributed by atoms with E-state index >= 15 is 0 Å². The van der Waals surface area contributed by atoms with Crippen LogP contribution in [0.25, 0.3) is 10.9 Å². The van der Waals surface area contributed by atoms with Gasteiger partial charge in [0.05, 0.1) is 31.6 Å². The summed E-state index contributed by atoms with van der Waals surface area (Å²) in [5.41, 5.74) is 6.37. The Morgan fingerprint density at radius 1 is 1.00 bits per heavy atom. The fraction of sp³-hybridized carbons (Fsp3) is 0.465. The number of imide groups is 1. The number of nitrogens with zero attached hydrogens (tertiary/aromatic N) is 5. The third-order valence-corrected chi connectivity index (χ3v) is 12.1. The molecule has 2 aromatic carbocycles. The standard InChI is InChI=1S/C42H50F2N8O4.CH2O2/c1-26-21-32-30-5-3-4-6-33(30)46-39(32)40(52(26)25-37(43)44)31-9-7-28(22-36(31)56-2)50-15-13-27(14-16-50)24-49-17-19-51(20-18-49)29-8-10-34(45-23-29)41(54)47-35-11-12-38(53)48-42(35)55;2-1-3/h3-10,22-23,26-27,35,37,40,46H,11-21,24-25H2,1-2H3,(H,47,54)(H,48,53,55);1H,(H,2,3)/t26-,35-,40-;/m1./s1. The molecule has 8 rings (SSSR count). The molecule has 6 heterocycles. The van der Waals surface area contributed by atoms with Crippen LogP contribution in [0.5, 0.6) is 5.75 Å². The topological polar surface area (TPSA) is 163 Å². The number of ether oxygens (including phenoxy) is 1. The third-order valence-electron chi connectivity index (χ3n) is 12.1. The van der Waals surface area contributed by atoms with Crippen LogP contribution in [0.4, 0.5) is 20.2 Å². The SMILES string of the molecule is COc1cc(N2CCC(CN3CCN(c4ccc(C(=O)N[C@@H]5CCC(=O)NC5=O)nc4)CC3)CC2)ccc1[C@@H]1c2[nH]c3ccccc3c2C[C@@H](C)N1CC(F)F.O=CO. The number of nitrogens with one attached hydrogen (secondary N) is 3. The Bertz CT molecular complexity index is 2120. The van der Waals surface area contributed by atoms with Crippen LogP contribution in [0.15, 0.2) is 60.8 Å². The number of halogens is 2. The summed E-state index contributed by atoms with van der Waals surface area (Å²) in [6, 6.07) is 16.9. The zero-order valence-electron chi connectivity index (χ0n) is 33.4. The minimum Gasteiger partial charge on any atom is -0.496 e. The number of fused-ring (bicyclic) bond motifs is 3. The van der Waals surface area contributed by atoms with Crippen molar-refractivity contribution in [3.63, 3.8) is 0 Å². The van der Waals surface area contributed by atoms with Crippen molar-refractivity contribution in [1.29, 1.82) is 0 Å². The second-order valence-corrected chi connectivity index (χ2v) is 15.7. The van der Waals surface area contributed by atoms with Crippen LogP contribution < -0.4 is 25.2 Å². The number of methoxy groups -OCH3 is 1. The van der Waals surface area contributed by atoms with E-state index in [1.165, 1.54) is 5.56 Å². The van der Waals surface area contributed by atoms with Crippen molar-refractivity contribution >= 4 is 46.5 Å². The number of carbonyl (C=O) groups is 4. The number of carboxylic acid groups (broad SMARTS) is 1. The first kappa shape index (κ1) is 41.5. The van der Waals surface area contributed by atoms with Gasteiger partial charge in [0, 0.05) is 92.2 Å². The molecule has 0 aliphatic carbocycles. The van der Waals surface area contributed by atoms with Gasteiger partial charge in [-0.25, -0.2) is 13.8 Å². The molecule has 0 saturated carbocycles. The van der Waals surface area contributed by atoms with Crippen molar-refractivity contribution in [2.45, 2.75) is 63.6 Å². The van der Waals surface area contributed by atoms with Gasteiger partial charge in [0.25, 0.3) is 18.8 Å². The van der Waals surface area contributed by atoms with E-state index in [1.54, 1.807) is 19.4 Å². The number of hydrogen-bond acceptors (Lipinski definition) is 10. The molecule has 3 saturated heterocycles. The number of pyridine rings is 1. The number of para-hydroxylation sites is 1. The van der Waals surface area contributed by atoms with E-state index in [1.807, 2.05) is 30.0 Å². The predicted molar refractivity (Wildman–Crippen MR) is 219 cm³/mol. The number of benzene rings is 2. The molecule has 0 bridgehead atoms. The number of aromatic nitrogens is 2. The number of alkyl halides is 2. The van der Waals surface area contributed by atoms with Crippen LogP contribution in [0, 0.1) is 5.92 Å². The van der Waals surface area contributed by atoms with Gasteiger partial charge in [0.1, 0.15) is 17.5 Å². The average Bonchev–Trinajstić information content (AvgIpc) is 3.60. The molecule has 0 radical (unpaired) electrons. The first-order valence-electron chi connectivity index (χ1n) is 20.3. The first-order chi connectivity index (χ1) is 28.6. The average molecular weight is 815 g/mol. The molecule has 2 aromatic heterocycles. The Kier molecular flexibility index (Phi) is 13.1. The summed E-state index contributed by atoms with van der Waals surface area (Å²) in [6.45, 7) is 8.02. The van der Waals surface area contributed by atoms with Gasteiger partial charge < -0.3 is 29.9 Å². The summed E-state index contributed by atoms with van der Waals surface area (Å²) >= 11 is 0. The Balaban J connectivity index is 0.00000171. The van der Waals surface area contributed by atoms with E-state index in [4.69, 9.17) is 14.6 Å². The Morgan fingerprint density at radius 2 is 1.71 bits per heavy atom. The van der Waals surface area contributed by atoms with Gasteiger partial charge in [0.2, 0.25) is 11.8 Å². The zero-order valence-corrected chi connectivity index (χ0v) is 33.4. The molecule has 4 aromatic rings. The largest absolute Gasteiger partial charge is 0.496 e. The fourth-order valence-electron chi connectivity index (χ4n) is 9.11. The Hall–Kier alpha value is -5.61. The number of anilines is 2. The van der Waals surface area contributed by atoms with Crippen molar-refractivity contribution in [2.75, 3.05) is 69.3 Å². The molecule has 0 spiro atoms. The quantitative estimate of drug-likeness (QED) is 0.132. The number of carbonyl (C=O) groups excluding carboxylic acids is 3. The lowest BCUT2D eigenvalue weighted by Gasteiger charge is -2.41. The Labute approximate surface area is 341 Å². The molecule has 14 nitrogen and oxygen atoms in total. The normalized spacial score (nSPS) is 21.7. The highest BCUT2D eigenvalue weighted by molar-refractivity contribution is 6.03. The lowest BCUT2D eigenvalue weighted by Crippen LogP contribution is -2.52. The smallest absolute Gasteiger partial charge is 0.290 e. The van der Waals surface area contributed by atoms with Crippen molar-refractivity contribution in [3.05, 3.63) is 83.3 Å². The van der Waals surface area contributed by atoms with Crippen LogP contribution in [0.1, 0.15) is 66.0 Å². The second kappa shape index (κ2) is 18.5. The fourth-order valence-corrected chi connectivity index (χ4v) is 9.11. The minimum absolute atomic E-state index is 0.0645. The highest BCUT2D eigenvalue weighted by atomic mass is 19.3. The third kappa shape index (κ3) is 9.33. The molecular formula is C43H52F2N8O6. The van der Waals surface area contributed by atoms with Crippen LogP contribution in [-0.4, -0.2) is 127 Å². The summed E-state index contributed by atoms with van der Waals surface area (Å²) in [6.07, 6.45) is 2.60. The lowest BCUT2D eigenvalue weighted by atomic mass is 9.88. The number of amides is 3. The molecule has 4 aliphatic rings. The van der Waals surface area contributed by atoms with E-state index in [-0.39, 0.29) is 49.5 Å². The van der Waals surface area contributed by atoms with E-state index in [9.17, 15) is 23.2 Å². The highest BCUT2D eigenvalue weighted by Crippen LogP contribution is 2.44. The number of H-pyrrole nitrogens is 1. The summed E-state index contributed by atoms with van der Waals surface area (Å²) in [5, 5.41) is 13.0. The molecular weight excluding hydrogens is 763 g/mol. The van der Waals surface area contributed by atoms with Crippen LogP contribution in [0.3, 0.4) is 0 Å². The maximum Gasteiger partial charge on any atom is 0.290 e. The van der Waals surface area contributed by atoms with Gasteiger partial charge in [-0.1, -0.05) is 24.3 Å². The van der Waals surface area contributed by atoms with Gasteiger partial charge in [0.15, 0.2) is 0 Å². The number of piperazine rings is 1. The highest BCUT2D eigenvalue weighted by Gasteiger charge is 2.39. The molecule has 3 fully saturated rings. The second-order valence-electron chi connectivity index (χ2n) is 15.7. The van der Waals surface area contributed by atoms with Crippen LogP contribution in [-0.2, 0) is 20.8 Å². The van der Waals surface area contributed by atoms with Gasteiger partial charge in [-0.3, -0.25) is 34.3 Å². The van der Waals surface area contributed by atoms with Gasteiger partial charge in [-0.05, 0) is 68.4 Å². The maximum atomic E-state index is 14.0. The van der Waals surface area contributed by atoms with Gasteiger partial charge in [-0.2, -0.15) is 0 Å². The van der Waals surface area contributed by atoms with E-state index in [2.05, 4.69) is 65.6 Å². The lowest BCUT2D eigenvalue weighted by molar-refractivity contribution is -0.134. The number of rotatable bonds is 10. The van der Waals surface area contributed by atoms with Crippen molar-refractivity contribution in [2.24, 2.45) is 5.92 Å². The van der Waals surface area contributed by atoms with E-state index in [0.29, 0.717) is 18.1 Å². The van der Waals surface area contributed by atoms with Crippen LogP contribution in [0.2, 0.25) is 0 Å². The molecule has 59 heavy (non-hydrogen) atoms. The van der Waals surface area contributed by atoms with Gasteiger partial charge >= 0.3 is 0 Å². The summed E-state index contributed by atoms with van der Waals surface area (Å²) in [4.78, 5) is 61.6. The molecule has 3 amide bonds. The molecule has 16 heteroatoms. The summed E-state index contributed by atoms with van der Waals surface area (Å²) in [7, 11) is 1.67. The van der Waals surface area contributed by atoms with E-state index < -0.39 is 24.3 Å². The molecule has 4 N–H and O–H groups in total. The number of hydrogen-bond donors (Lipinski definition) is 4. The van der Waals surface area contributed by atoms with Gasteiger partial charge in [-0.15, -0.1) is 0 Å². The van der Waals surface area contributed by atoms with Crippen molar-refractivity contribution in [1.82, 2.24) is 30.4 Å². The predicted octanol–water partition coefficient (Wildman–Crippen LogP) is 4.45. The van der Waals surface area contributed by atoms with Crippen molar-refractivity contribution in [3.8, 4) is 5.75 Å². The molecule has 314 valence electrons. The van der Waals surface area contributed by atoms with Crippen molar-refractivity contribution < 1.29 is 37.8 Å². The van der Waals surface area contributed by atoms with E-state index in [0.717, 1.165) is 92.2 Å². The number of aromatic amines is 1. The molecule has 3 atom stereocenters. The maximum absolute atomic E-state index is 14.0. The molecule has 0 unspecified atom stereocenters. The molecule has 4 aliphatic heterocycles. The summed E-state index contributed by atoms with van der Waals surface area (Å²) in [5.74, 6) is 0.0603. The first-order valence-corrected chi connectivity index (χ1v) is 20.3. The monoisotopic (exact) mass is 814 g/mol. The number of piperidine rings is 2.